The van der Waals surface area contributed by atoms with Crippen LogP contribution in [0.15, 0.2) is 36.4 Å². The van der Waals surface area contributed by atoms with E-state index in [-0.39, 0.29) is 4.83 Å². The molecule has 2 nitrogen and oxygen atoms in total. The second-order valence-electron chi connectivity index (χ2n) is 4.49. The van der Waals surface area contributed by atoms with E-state index in [1.165, 1.54) is 0 Å². The van der Waals surface area contributed by atoms with Gasteiger partial charge in [0.15, 0.2) is 11.5 Å². The third-order valence-electron chi connectivity index (χ3n) is 3.20. The summed E-state index contributed by atoms with van der Waals surface area (Å²) in [6.45, 7) is 0. The van der Waals surface area contributed by atoms with Crippen molar-refractivity contribution in [2.75, 3.05) is 14.2 Å². The first kappa shape index (κ1) is 16.5. The van der Waals surface area contributed by atoms with Crippen LogP contribution in [0.1, 0.15) is 16.0 Å². The third-order valence-corrected chi connectivity index (χ3v) is 4.71. The molecule has 112 valence electrons. The van der Waals surface area contributed by atoms with Gasteiger partial charge < -0.3 is 9.47 Å². The Bertz CT molecular complexity index is 632. The molecule has 21 heavy (non-hydrogen) atoms. The highest BCUT2D eigenvalue weighted by Gasteiger charge is 2.17. The molecular weight excluding hydrogens is 375 g/mol. The Kier molecular flexibility index (Phi) is 5.80. The highest BCUT2D eigenvalue weighted by atomic mass is 79.9. The number of benzene rings is 2. The van der Waals surface area contributed by atoms with Crippen molar-refractivity contribution in [2.24, 2.45) is 0 Å². The van der Waals surface area contributed by atoms with Crippen molar-refractivity contribution in [1.82, 2.24) is 0 Å². The minimum absolute atomic E-state index is 0.0321. The highest BCUT2D eigenvalue weighted by Crippen LogP contribution is 2.40. The summed E-state index contributed by atoms with van der Waals surface area (Å²) < 4.78 is 10.6. The SMILES string of the molecule is COc1cc(Cl)c(C(Br)Cc2ccccc2Cl)cc1OC. The smallest absolute Gasteiger partial charge is 0.162 e. The quantitative estimate of drug-likeness (QED) is 0.611. The fourth-order valence-electron chi connectivity index (χ4n) is 2.08. The average Bonchev–Trinajstić information content (AvgIpc) is 2.49. The van der Waals surface area contributed by atoms with Gasteiger partial charge in [0.2, 0.25) is 0 Å². The van der Waals surface area contributed by atoms with Gasteiger partial charge in [-0.25, -0.2) is 0 Å². The second-order valence-corrected chi connectivity index (χ2v) is 6.41. The van der Waals surface area contributed by atoms with E-state index in [4.69, 9.17) is 32.7 Å². The van der Waals surface area contributed by atoms with Crippen LogP contribution in [0.3, 0.4) is 0 Å². The monoisotopic (exact) mass is 388 g/mol. The van der Waals surface area contributed by atoms with Gasteiger partial charge in [0.05, 0.1) is 14.2 Å². The molecule has 0 bridgehead atoms. The molecule has 0 heterocycles. The van der Waals surface area contributed by atoms with Crippen LogP contribution in [-0.2, 0) is 6.42 Å². The van der Waals surface area contributed by atoms with Crippen LogP contribution in [0.2, 0.25) is 10.0 Å². The Morgan fingerprint density at radius 1 is 1.00 bits per heavy atom. The fraction of sp³-hybridized carbons (Fsp3) is 0.250. The number of rotatable bonds is 5. The van der Waals surface area contributed by atoms with Gasteiger partial charge in [0.25, 0.3) is 0 Å². The normalized spacial score (nSPS) is 12.0. The largest absolute Gasteiger partial charge is 0.493 e. The predicted octanol–water partition coefficient (Wildman–Crippen LogP) is 5.69. The number of hydrogen-bond donors (Lipinski definition) is 0. The summed E-state index contributed by atoms with van der Waals surface area (Å²) in [5.74, 6) is 1.27. The minimum atomic E-state index is 0.0321. The number of methoxy groups -OCH3 is 2. The summed E-state index contributed by atoms with van der Waals surface area (Å²) in [5.41, 5.74) is 2.00. The Morgan fingerprint density at radius 2 is 1.62 bits per heavy atom. The highest BCUT2D eigenvalue weighted by molar-refractivity contribution is 9.09. The van der Waals surface area contributed by atoms with E-state index in [1.807, 2.05) is 30.3 Å². The molecular formula is C16H15BrCl2O2. The van der Waals surface area contributed by atoms with E-state index in [1.54, 1.807) is 20.3 Å². The molecule has 0 aliphatic carbocycles. The molecule has 0 amide bonds. The molecule has 0 aliphatic rings. The first-order chi connectivity index (χ1) is 10.1. The van der Waals surface area contributed by atoms with Crippen LogP contribution in [-0.4, -0.2) is 14.2 Å². The molecule has 0 fully saturated rings. The van der Waals surface area contributed by atoms with Gasteiger partial charge in [-0.15, -0.1) is 0 Å². The topological polar surface area (TPSA) is 18.5 Å². The van der Waals surface area contributed by atoms with E-state index >= 15 is 0 Å². The summed E-state index contributed by atoms with van der Waals surface area (Å²) in [5, 5.41) is 1.38. The minimum Gasteiger partial charge on any atom is -0.493 e. The summed E-state index contributed by atoms with van der Waals surface area (Å²) >= 11 is 16.2. The van der Waals surface area contributed by atoms with Gasteiger partial charge in [-0.05, 0) is 29.7 Å². The lowest BCUT2D eigenvalue weighted by Gasteiger charge is -2.16. The van der Waals surface area contributed by atoms with Gasteiger partial charge in [0.1, 0.15) is 0 Å². The molecule has 2 aromatic rings. The molecule has 0 saturated heterocycles. The van der Waals surface area contributed by atoms with Crippen molar-refractivity contribution >= 4 is 39.1 Å². The summed E-state index contributed by atoms with van der Waals surface area (Å²) in [6.07, 6.45) is 0.731. The van der Waals surface area contributed by atoms with Crippen molar-refractivity contribution in [2.45, 2.75) is 11.2 Å². The van der Waals surface area contributed by atoms with Crippen molar-refractivity contribution in [1.29, 1.82) is 0 Å². The molecule has 2 aromatic carbocycles. The predicted molar refractivity (Wildman–Crippen MR) is 91.4 cm³/mol. The summed E-state index contributed by atoms with van der Waals surface area (Å²) in [7, 11) is 3.19. The molecule has 0 N–H and O–H groups in total. The Balaban J connectivity index is 2.31. The van der Waals surface area contributed by atoms with E-state index in [9.17, 15) is 0 Å². The van der Waals surface area contributed by atoms with Gasteiger partial charge in [-0.2, -0.15) is 0 Å². The van der Waals surface area contributed by atoms with Crippen molar-refractivity contribution in [3.63, 3.8) is 0 Å². The van der Waals surface area contributed by atoms with E-state index in [2.05, 4.69) is 15.9 Å². The third kappa shape index (κ3) is 3.85. The molecule has 0 radical (unpaired) electrons. The number of ether oxygens (including phenoxy) is 2. The van der Waals surface area contributed by atoms with Crippen molar-refractivity contribution in [3.05, 3.63) is 57.6 Å². The van der Waals surface area contributed by atoms with Crippen LogP contribution in [0, 0.1) is 0 Å². The van der Waals surface area contributed by atoms with Gasteiger partial charge >= 0.3 is 0 Å². The fourth-order valence-corrected chi connectivity index (χ4v) is 3.43. The maximum Gasteiger partial charge on any atom is 0.162 e. The number of halogens is 3. The molecule has 5 heteroatoms. The average molecular weight is 390 g/mol. The Morgan fingerprint density at radius 3 is 2.24 bits per heavy atom. The second kappa shape index (κ2) is 7.39. The first-order valence-electron chi connectivity index (χ1n) is 6.35. The molecule has 1 unspecified atom stereocenters. The molecule has 0 saturated carbocycles. The number of hydrogen-bond acceptors (Lipinski definition) is 2. The molecule has 0 spiro atoms. The van der Waals surface area contributed by atoms with E-state index < -0.39 is 0 Å². The van der Waals surface area contributed by atoms with Gasteiger partial charge in [-0.1, -0.05) is 57.3 Å². The van der Waals surface area contributed by atoms with Gasteiger partial charge in [-0.3, -0.25) is 0 Å². The molecule has 1 atom stereocenters. The maximum atomic E-state index is 6.34. The van der Waals surface area contributed by atoms with E-state index in [0.29, 0.717) is 16.5 Å². The Labute approximate surface area is 143 Å². The maximum absolute atomic E-state index is 6.34. The summed E-state index contributed by atoms with van der Waals surface area (Å²) in [4.78, 5) is 0.0321. The first-order valence-corrected chi connectivity index (χ1v) is 8.03. The Hall–Kier alpha value is -0.900. The summed E-state index contributed by atoms with van der Waals surface area (Å²) in [6, 6.07) is 11.4. The lowest BCUT2D eigenvalue weighted by Crippen LogP contribution is -1.99. The van der Waals surface area contributed by atoms with E-state index in [0.717, 1.165) is 22.6 Å². The molecule has 2 rings (SSSR count). The van der Waals surface area contributed by atoms with Crippen molar-refractivity contribution in [3.8, 4) is 11.5 Å². The van der Waals surface area contributed by atoms with Crippen LogP contribution in [0.25, 0.3) is 0 Å². The van der Waals surface area contributed by atoms with Crippen molar-refractivity contribution < 1.29 is 9.47 Å². The zero-order valence-corrected chi connectivity index (χ0v) is 14.8. The zero-order valence-electron chi connectivity index (χ0n) is 11.7. The zero-order chi connectivity index (χ0) is 15.4. The number of alkyl halides is 1. The lowest BCUT2D eigenvalue weighted by atomic mass is 10.0. The molecule has 0 aromatic heterocycles. The lowest BCUT2D eigenvalue weighted by molar-refractivity contribution is 0.354. The van der Waals surface area contributed by atoms with Gasteiger partial charge in [0, 0.05) is 20.9 Å². The van der Waals surface area contributed by atoms with Crippen LogP contribution in [0.4, 0.5) is 0 Å². The standard InChI is InChI=1S/C16H15BrCl2O2/c1-20-15-8-11(14(19)9-16(15)21-2)12(17)7-10-5-3-4-6-13(10)18/h3-6,8-9,12H,7H2,1-2H3. The van der Waals surface area contributed by atoms with Crippen LogP contribution < -0.4 is 9.47 Å². The van der Waals surface area contributed by atoms with Crippen LogP contribution >= 0.6 is 39.1 Å². The molecule has 0 aliphatic heterocycles. The van der Waals surface area contributed by atoms with Crippen LogP contribution in [0.5, 0.6) is 11.5 Å².